The second-order valence-corrected chi connectivity index (χ2v) is 3.92. The maximum atomic E-state index is 9.79. The van der Waals surface area contributed by atoms with Crippen molar-refractivity contribution in [1.29, 1.82) is 0 Å². The Labute approximate surface area is 94.8 Å². The second kappa shape index (κ2) is 4.67. The molecule has 1 aliphatic heterocycles. The number of rotatable bonds is 3. The Morgan fingerprint density at radius 1 is 1.56 bits per heavy atom. The molecule has 5 heteroatoms. The van der Waals surface area contributed by atoms with Crippen LogP contribution in [0.1, 0.15) is 6.92 Å². The molecule has 0 aromatic carbocycles. The van der Waals surface area contributed by atoms with Gasteiger partial charge in [0.1, 0.15) is 11.9 Å². The lowest BCUT2D eigenvalue weighted by Crippen LogP contribution is -2.26. The fourth-order valence-corrected chi connectivity index (χ4v) is 1.91. The van der Waals surface area contributed by atoms with Crippen LogP contribution in [0.2, 0.25) is 0 Å². The Morgan fingerprint density at radius 3 is 3.00 bits per heavy atom. The highest BCUT2D eigenvalue weighted by molar-refractivity contribution is 5.46. The van der Waals surface area contributed by atoms with E-state index in [2.05, 4.69) is 4.98 Å². The van der Waals surface area contributed by atoms with Crippen LogP contribution in [-0.2, 0) is 4.74 Å². The molecule has 3 N–H and O–H groups in total. The highest BCUT2D eigenvalue weighted by Gasteiger charge is 2.32. The number of ether oxygens (including phenoxy) is 1. The zero-order valence-electron chi connectivity index (χ0n) is 9.34. The van der Waals surface area contributed by atoms with Gasteiger partial charge in [0.05, 0.1) is 18.0 Å². The monoisotopic (exact) mass is 223 g/mol. The molecule has 5 nitrogen and oxygen atoms in total. The molecule has 2 heterocycles. The normalized spacial score (nSPS) is 25.0. The van der Waals surface area contributed by atoms with E-state index in [1.54, 1.807) is 6.20 Å². The van der Waals surface area contributed by atoms with Crippen LogP contribution in [0.15, 0.2) is 18.3 Å². The number of aromatic nitrogens is 1. The van der Waals surface area contributed by atoms with Gasteiger partial charge in [-0.2, -0.15) is 0 Å². The number of aliphatic hydroxyl groups excluding tert-OH is 1. The van der Waals surface area contributed by atoms with Gasteiger partial charge >= 0.3 is 0 Å². The van der Waals surface area contributed by atoms with E-state index in [0.717, 1.165) is 5.82 Å². The van der Waals surface area contributed by atoms with Crippen LogP contribution in [0.4, 0.5) is 11.5 Å². The molecular weight excluding hydrogens is 206 g/mol. The molecule has 1 aliphatic rings. The summed E-state index contributed by atoms with van der Waals surface area (Å²) in [4.78, 5) is 6.23. The summed E-state index contributed by atoms with van der Waals surface area (Å²) in [5.74, 6) is 0.829. The summed E-state index contributed by atoms with van der Waals surface area (Å²) in [6, 6.07) is 3.67. The summed E-state index contributed by atoms with van der Waals surface area (Å²) in [5, 5.41) is 9.79. The van der Waals surface area contributed by atoms with Gasteiger partial charge in [-0.05, 0) is 19.1 Å². The van der Waals surface area contributed by atoms with Gasteiger partial charge in [-0.25, -0.2) is 4.98 Å². The van der Waals surface area contributed by atoms with Crippen molar-refractivity contribution in [1.82, 2.24) is 4.98 Å². The number of hydrogen-bond acceptors (Lipinski definition) is 5. The predicted molar refractivity (Wildman–Crippen MR) is 62.3 cm³/mol. The van der Waals surface area contributed by atoms with Gasteiger partial charge in [0.2, 0.25) is 0 Å². The van der Waals surface area contributed by atoms with Gasteiger partial charge in [0.25, 0.3) is 0 Å². The van der Waals surface area contributed by atoms with Gasteiger partial charge in [-0.1, -0.05) is 0 Å². The first-order chi connectivity index (χ1) is 7.70. The van der Waals surface area contributed by atoms with Crippen molar-refractivity contribution in [3.8, 4) is 0 Å². The third-order valence-electron chi connectivity index (χ3n) is 2.71. The summed E-state index contributed by atoms with van der Waals surface area (Å²) >= 11 is 0. The number of nitrogens with zero attached hydrogens (tertiary/aromatic N) is 2. The maximum absolute atomic E-state index is 9.79. The molecule has 0 spiro atoms. The molecular formula is C11H17N3O2. The first kappa shape index (κ1) is 11.2. The molecule has 1 fully saturated rings. The summed E-state index contributed by atoms with van der Waals surface area (Å²) < 4.78 is 5.45. The molecule has 0 radical (unpaired) electrons. The van der Waals surface area contributed by atoms with E-state index in [1.165, 1.54) is 0 Å². The smallest absolute Gasteiger partial charge is 0.128 e. The Kier molecular flexibility index (Phi) is 3.26. The first-order valence-corrected chi connectivity index (χ1v) is 5.47. The van der Waals surface area contributed by atoms with Gasteiger partial charge in [-0.3, -0.25) is 0 Å². The van der Waals surface area contributed by atoms with Crippen LogP contribution in [0, 0.1) is 0 Å². The van der Waals surface area contributed by atoms with Crippen molar-refractivity contribution in [3.63, 3.8) is 0 Å². The molecule has 1 aromatic heterocycles. The number of anilines is 2. The molecule has 88 valence electrons. The Bertz CT molecular complexity index is 342. The molecule has 1 aromatic rings. The first-order valence-electron chi connectivity index (χ1n) is 5.47. The minimum atomic E-state index is -0.445. The van der Waals surface area contributed by atoms with Crippen molar-refractivity contribution < 1.29 is 9.84 Å². The molecule has 0 saturated carbocycles. The van der Waals surface area contributed by atoms with E-state index >= 15 is 0 Å². The zero-order valence-corrected chi connectivity index (χ0v) is 9.34. The van der Waals surface area contributed by atoms with Crippen LogP contribution in [-0.4, -0.2) is 42.0 Å². The third-order valence-corrected chi connectivity index (χ3v) is 2.71. The molecule has 2 rings (SSSR count). The van der Waals surface area contributed by atoms with Crippen LogP contribution < -0.4 is 10.6 Å². The zero-order chi connectivity index (χ0) is 11.5. The minimum absolute atomic E-state index is 0.121. The quantitative estimate of drug-likeness (QED) is 0.768. The average Bonchev–Trinajstić information content (AvgIpc) is 2.62. The SMILES string of the molecule is CCO[C@@H]1CN(c2ccc(N)cn2)C[C@@H]1O. The summed E-state index contributed by atoms with van der Waals surface area (Å²) in [7, 11) is 0. The molecule has 0 amide bonds. The Balaban J connectivity index is 2.04. The van der Waals surface area contributed by atoms with E-state index in [-0.39, 0.29) is 6.10 Å². The summed E-state index contributed by atoms with van der Waals surface area (Å²) in [6.07, 6.45) is 1.05. The van der Waals surface area contributed by atoms with E-state index < -0.39 is 6.10 Å². The fourth-order valence-electron chi connectivity index (χ4n) is 1.91. The molecule has 16 heavy (non-hydrogen) atoms. The van der Waals surface area contributed by atoms with Crippen LogP contribution in [0.3, 0.4) is 0 Å². The number of β-amino-alcohol motifs (C(OH)–C–C–N with tert-alkyl or cyclic N) is 1. The van der Waals surface area contributed by atoms with Crippen LogP contribution in [0.5, 0.6) is 0 Å². The second-order valence-electron chi connectivity index (χ2n) is 3.92. The summed E-state index contributed by atoms with van der Waals surface area (Å²) in [5.41, 5.74) is 6.22. The predicted octanol–water partition coefficient (Wildman–Crippen LogP) is 0.250. The van der Waals surface area contributed by atoms with Gasteiger partial charge in [0.15, 0.2) is 0 Å². The molecule has 0 aliphatic carbocycles. The molecule has 2 atom stereocenters. The van der Waals surface area contributed by atoms with Crippen LogP contribution >= 0.6 is 0 Å². The van der Waals surface area contributed by atoms with Crippen molar-refractivity contribution >= 4 is 11.5 Å². The largest absolute Gasteiger partial charge is 0.397 e. The number of pyridine rings is 1. The molecule has 0 bridgehead atoms. The van der Waals surface area contributed by atoms with Gasteiger partial charge in [-0.15, -0.1) is 0 Å². The van der Waals surface area contributed by atoms with E-state index in [4.69, 9.17) is 10.5 Å². The lowest BCUT2D eigenvalue weighted by Gasteiger charge is -2.16. The lowest BCUT2D eigenvalue weighted by atomic mass is 10.3. The number of hydrogen-bond donors (Lipinski definition) is 2. The molecule has 1 saturated heterocycles. The standard InChI is InChI=1S/C11H17N3O2/c1-2-16-10-7-14(6-9(10)15)11-4-3-8(12)5-13-11/h3-5,9-10,15H,2,6-7,12H2,1H3/t9-,10+/m0/s1. The fraction of sp³-hybridized carbons (Fsp3) is 0.545. The maximum Gasteiger partial charge on any atom is 0.128 e. The van der Waals surface area contributed by atoms with Gasteiger partial charge < -0.3 is 20.5 Å². The van der Waals surface area contributed by atoms with E-state index in [1.807, 2.05) is 24.0 Å². The van der Waals surface area contributed by atoms with Crippen molar-refractivity contribution in [2.45, 2.75) is 19.1 Å². The van der Waals surface area contributed by atoms with E-state index in [9.17, 15) is 5.11 Å². The van der Waals surface area contributed by atoms with Crippen molar-refractivity contribution in [2.24, 2.45) is 0 Å². The van der Waals surface area contributed by atoms with Gasteiger partial charge in [0, 0.05) is 19.7 Å². The van der Waals surface area contributed by atoms with Crippen molar-refractivity contribution in [3.05, 3.63) is 18.3 Å². The highest BCUT2D eigenvalue weighted by atomic mass is 16.5. The molecule has 0 unspecified atom stereocenters. The van der Waals surface area contributed by atoms with Crippen LogP contribution in [0.25, 0.3) is 0 Å². The topological polar surface area (TPSA) is 71.6 Å². The Morgan fingerprint density at radius 2 is 2.38 bits per heavy atom. The number of aliphatic hydroxyl groups is 1. The van der Waals surface area contributed by atoms with E-state index in [0.29, 0.717) is 25.4 Å². The lowest BCUT2D eigenvalue weighted by molar-refractivity contribution is -0.00189. The Hall–Kier alpha value is -1.33. The summed E-state index contributed by atoms with van der Waals surface area (Å²) in [6.45, 7) is 3.77. The number of nitrogen functional groups attached to an aromatic ring is 1. The minimum Gasteiger partial charge on any atom is -0.397 e. The average molecular weight is 223 g/mol. The van der Waals surface area contributed by atoms with Crippen molar-refractivity contribution in [2.75, 3.05) is 30.3 Å². The highest BCUT2D eigenvalue weighted by Crippen LogP contribution is 2.20. The third kappa shape index (κ3) is 2.25. The number of nitrogens with two attached hydrogens (primary N) is 1.